The molecule has 0 aliphatic carbocycles. The summed E-state index contributed by atoms with van der Waals surface area (Å²) >= 11 is 0. The molecule has 0 amide bonds. The molecule has 0 aromatic carbocycles. The van der Waals surface area contributed by atoms with Gasteiger partial charge in [0.25, 0.3) is 0 Å². The standard InChI is InChI=1S/C14H29NO/c1-10-11(8-13(2,3)4)12(16)9-15(10)14(5,6)7/h10-12,16H,8-9H2,1-7H3/t10-,11-,12-/m0/s1. The van der Waals surface area contributed by atoms with E-state index in [-0.39, 0.29) is 11.6 Å². The van der Waals surface area contributed by atoms with Gasteiger partial charge in [0.05, 0.1) is 6.10 Å². The molecule has 1 fully saturated rings. The van der Waals surface area contributed by atoms with Crippen molar-refractivity contribution in [2.45, 2.75) is 72.6 Å². The highest BCUT2D eigenvalue weighted by molar-refractivity contribution is 4.97. The second-order valence-corrected chi connectivity index (χ2v) is 7.56. The van der Waals surface area contributed by atoms with Gasteiger partial charge in [0.1, 0.15) is 0 Å². The fourth-order valence-electron chi connectivity index (χ4n) is 2.95. The Morgan fingerprint density at radius 1 is 1.12 bits per heavy atom. The van der Waals surface area contributed by atoms with E-state index >= 15 is 0 Å². The van der Waals surface area contributed by atoms with Crippen molar-refractivity contribution in [1.82, 2.24) is 4.90 Å². The van der Waals surface area contributed by atoms with Crippen LogP contribution < -0.4 is 0 Å². The van der Waals surface area contributed by atoms with Crippen molar-refractivity contribution < 1.29 is 5.11 Å². The van der Waals surface area contributed by atoms with Crippen molar-refractivity contribution in [3.05, 3.63) is 0 Å². The van der Waals surface area contributed by atoms with Gasteiger partial charge in [-0.15, -0.1) is 0 Å². The van der Waals surface area contributed by atoms with E-state index in [2.05, 4.69) is 53.4 Å². The lowest BCUT2D eigenvalue weighted by molar-refractivity contribution is 0.108. The number of hydrogen-bond acceptors (Lipinski definition) is 2. The smallest absolute Gasteiger partial charge is 0.0710 e. The number of aliphatic hydroxyl groups excluding tert-OH is 1. The van der Waals surface area contributed by atoms with Gasteiger partial charge in [-0.2, -0.15) is 0 Å². The van der Waals surface area contributed by atoms with Gasteiger partial charge in [0, 0.05) is 24.0 Å². The third kappa shape index (κ3) is 3.21. The highest BCUT2D eigenvalue weighted by atomic mass is 16.3. The van der Waals surface area contributed by atoms with Crippen molar-refractivity contribution in [3.63, 3.8) is 0 Å². The van der Waals surface area contributed by atoms with Crippen LogP contribution in [0.25, 0.3) is 0 Å². The summed E-state index contributed by atoms with van der Waals surface area (Å²) in [5.74, 6) is 0.416. The average Bonchev–Trinajstić information content (AvgIpc) is 2.28. The molecule has 0 bridgehead atoms. The van der Waals surface area contributed by atoms with E-state index in [1.807, 2.05) is 0 Å². The molecule has 1 heterocycles. The van der Waals surface area contributed by atoms with Crippen LogP contribution in [0.5, 0.6) is 0 Å². The minimum atomic E-state index is -0.159. The lowest BCUT2D eigenvalue weighted by Crippen LogP contribution is -2.44. The van der Waals surface area contributed by atoms with Crippen LogP contribution in [0.4, 0.5) is 0 Å². The molecule has 0 radical (unpaired) electrons. The van der Waals surface area contributed by atoms with Crippen LogP contribution in [0.1, 0.15) is 54.9 Å². The molecule has 0 aromatic rings. The zero-order valence-corrected chi connectivity index (χ0v) is 12.0. The van der Waals surface area contributed by atoms with E-state index in [1.165, 1.54) is 0 Å². The van der Waals surface area contributed by atoms with Crippen LogP contribution in [0.15, 0.2) is 0 Å². The van der Waals surface area contributed by atoms with Gasteiger partial charge in [0.15, 0.2) is 0 Å². The highest BCUT2D eigenvalue weighted by Crippen LogP contribution is 2.37. The molecular formula is C14H29NO. The molecule has 0 saturated carbocycles. The molecule has 96 valence electrons. The van der Waals surface area contributed by atoms with Crippen molar-refractivity contribution in [2.24, 2.45) is 11.3 Å². The summed E-state index contributed by atoms with van der Waals surface area (Å²) in [4.78, 5) is 2.44. The molecule has 1 saturated heterocycles. The maximum Gasteiger partial charge on any atom is 0.0710 e. The Kier molecular flexibility index (Phi) is 3.76. The largest absolute Gasteiger partial charge is 0.391 e. The first kappa shape index (κ1) is 14.0. The van der Waals surface area contributed by atoms with Crippen LogP contribution >= 0.6 is 0 Å². The number of hydrogen-bond donors (Lipinski definition) is 1. The average molecular weight is 227 g/mol. The first-order valence-corrected chi connectivity index (χ1v) is 6.47. The summed E-state index contributed by atoms with van der Waals surface area (Å²) < 4.78 is 0. The monoisotopic (exact) mass is 227 g/mol. The van der Waals surface area contributed by atoms with Crippen molar-refractivity contribution in [2.75, 3.05) is 6.54 Å². The fraction of sp³-hybridized carbons (Fsp3) is 1.00. The van der Waals surface area contributed by atoms with Gasteiger partial charge < -0.3 is 5.11 Å². The van der Waals surface area contributed by atoms with Gasteiger partial charge in [-0.05, 0) is 39.5 Å². The second-order valence-electron chi connectivity index (χ2n) is 7.56. The Morgan fingerprint density at radius 2 is 1.62 bits per heavy atom. The molecule has 3 atom stereocenters. The Bertz CT molecular complexity index is 236. The van der Waals surface area contributed by atoms with Gasteiger partial charge in [-0.1, -0.05) is 20.8 Å². The van der Waals surface area contributed by atoms with E-state index < -0.39 is 0 Å². The molecule has 0 unspecified atom stereocenters. The number of aliphatic hydroxyl groups is 1. The van der Waals surface area contributed by atoms with Gasteiger partial charge in [-0.25, -0.2) is 0 Å². The van der Waals surface area contributed by atoms with E-state index in [9.17, 15) is 5.11 Å². The lowest BCUT2D eigenvalue weighted by atomic mass is 9.80. The first-order chi connectivity index (χ1) is 7.02. The summed E-state index contributed by atoms with van der Waals surface area (Å²) in [6.07, 6.45) is 0.940. The van der Waals surface area contributed by atoms with Crippen LogP contribution in [-0.2, 0) is 0 Å². The number of rotatable bonds is 1. The maximum absolute atomic E-state index is 10.2. The van der Waals surface area contributed by atoms with Crippen LogP contribution in [0, 0.1) is 11.3 Å². The predicted molar refractivity (Wildman–Crippen MR) is 69.5 cm³/mol. The third-order valence-corrected chi connectivity index (χ3v) is 3.70. The molecular weight excluding hydrogens is 198 g/mol. The van der Waals surface area contributed by atoms with E-state index in [0.29, 0.717) is 17.4 Å². The maximum atomic E-state index is 10.2. The summed E-state index contributed by atoms with van der Waals surface area (Å²) in [5.41, 5.74) is 0.459. The predicted octanol–water partition coefficient (Wildman–Crippen LogP) is 2.90. The Morgan fingerprint density at radius 3 is 1.94 bits per heavy atom. The van der Waals surface area contributed by atoms with Crippen LogP contribution in [0.2, 0.25) is 0 Å². The van der Waals surface area contributed by atoms with Crippen molar-refractivity contribution in [3.8, 4) is 0 Å². The Hall–Kier alpha value is -0.0800. The third-order valence-electron chi connectivity index (χ3n) is 3.70. The minimum absolute atomic E-state index is 0.159. The Balaban J connectivity index is 2.75. The zero-order chi connectivity index (χ0) is 12.7. The van der Waals surface area contributed by atoms with Crippen LogP contribution in [-0.4, -0.2) is 34.2 Å². The quantitative estimate of drug-likeness (QED) is 0.744. The number of likely N-dealkylation sites (tertiary alicyclic amines) is 1. The van der Waals surface area contributed by atoms with E-state index in [4.69, 9.17) is 0 Å². The Labute approximate surface area is 101 Å². The highest BCUT2D eigenvalue weighted by Gasteiger charge is 2.43. The molecule has 2 nitrogen and oxygen atoms in total. The molecule has 16 heavy (non-hydrogen) atoms. The minimum Gasteiger partial charge on any atom is -0.391 e. The van der Waals surface area contributed by atoms with E-state index in [1.54, 1.807) is 0 Å². The molecule has 0 aromatic heterocycles. The number of β-amino-alcohol motifs (C(OH)–C–C–N with tert-alkyl or cyclic N) is 1. The summed E-state index contributed by atoms with van der Waals surface area (Å²) in [6.45, 7) is 16.6. The fourth-order valence-corrected chi connectivity index (χ4v) is 2.95. The SMILES string of the molecule is C[C@H]1[C@H](CC(C)(C)C)[C@@H](O)CN1C(C)(C)C. The zero-order valence-electron chi connectivity index (χ0n) is 12.0. The second kappa shape index (κ2) is 4.30. The summed E-state index contributed by atoms with van der Waals surface area (Å²) in [5, 5.41) is 10.2. The molecule has 0 spiro atoms. The van der Waals surface area contributed by atoms with Gasteiger partial charge >= 0.3 is 0 Å². The summed E-state index contributed by atoms with van der Waals surface area (Å²) in [6, 6.07) is 0.481. The molecule has 1 aliphatic heterocycles. The molecule has 1 N–H and O–H groups in total. The van der Waals surface area contributed by atoms with Crippen molar-refractivity contribution >= 4 is 0 Å². The number of nitrogens with zero attached hydrogens (tertiary/aromatic N) is 1. The molecule has 1 rings (SSSR count). The summed E-state index contributed by atoms with van der Waals surface area (Å²) in [7, 11) is 0. The van der Waals surface area contributed by atoms with Gasteiger partial charge in [0.2, 0.25) is 0 Å². The lowest BCUT2D eigenvalue weighted by Gasteiger charge is -2.37. The molecule has 1 aliphatic rings. The first-order valence-electron chi connectivity index (χ1n) is 6.47. The molecule has 2 heteroatoms. The topological polar surface area (TPSA) is 23.5 Å². The van der Waals surface area contributed by atoms with E-state index in [0.717, 1.165) is 13.0 Å². The van der Waals surface area contributed by atoms with Gasteiger partial charge in [-0.3, -0.25) is 4.90 Å². The van der Waals surface area contributed by atoms with Crippen molar-refractivity contribution in [1.29, 1.82) is 0 Å². The normalized spacial score (nSPS) is 33.4. The van der Waals surface area contributed by atoms with Crippen LogP contribution in [0.3, 0.4) is 0 Å².